The average Bonchev–Trinajstić information content (AvgIpc) is 1.95. The molecule has 1 saturated carbocycles. The number of hydrogen-bond acceptors (Lipinski definition) is 2. The molecule has 1 aliphatic rings. The van der Waals surface area contributed by atoms with Gasteiger partial charge in [-0.3, -0.25) is 10.4 Å². The van der Waals surface area contributed by atoms with Crippen LogP contribution in [0.25, 0.3) is 0 Å². The first-order valence-corrected chi connectivity index (χ1v) is 4.04. The van der Waals surface area contributed by atoms with E-state index in [1.54, 1.807) is 7.05 Å². The Kier molecular flexibility index (Phi) is 3.16. The molecule has 0 aromatic carbocycles. The summed E-state index contributed by atoms with van der Waals surface area (Å²) in [5.74, 6) is 6.70. The fourth-order valence-electron chi connectivity index (χ4n) is 1.13. The van der Waals surface area contributed by atoms with E-state index < -0.39 is 0 Å². The summed E-state index contributed by atoms with van der Waals surface area (Å²) >= 11 is 0. The van der Waals surface area contributed by atoms with Gasteiger partial charge in [-0.15, -0.1) is 0 Å². The van der Waals surface area contributed by atoms with Crippen LogP contribution in [0, 0.1) is 5.92 Å². The summed E-state index contributed by atoms with van der Waals surface area (Å²) in [4.78, 5) is 3.91. The maximum absolute atomic E-state index is 5.19. The Morgan fingerprint density at radius 1 is 1.64 bits per heavy atom. The Morgan fingerprint density at radius 2 is 2.36 bits per heavy atom. The van der Waals surface area contributed by atoms with E-state index in [1.165, 1.54) is 19.3 Å². The van der Waals surface area contributed by atoms with Crippen molar-refractivity contribution in [3.05, 3.63) is 0 Å². The van der Waals surface area contributed by atoms with Crippen LogP contribution in [0.3, 0.4) is 0 Å². The van der Waals surface area contributed by atoms with Gasteiger partial charge in [-0.1, -0.05) is 6.42 Å². The van der Waals surface area contributed by atoms with Crippen molar-refractivity contribution in [3.63, 3.8) is 0 Å². The zero-order valence-electron chi connectivity index (χ0n) is 6.93. The Morgan fingerprint density at radius 3 is 2.73 bits per heavy atom. The van der Waals surface area contributed by atoms with Gasteiger partial charge in [0, 0.05) is 13.6 Å². The molecule has 0 atom stereocenters. The van der Waals surface area contributed by atoms with Gasteiger partial charge in [-0.05, 0) is 18.8 Å². The highest BCUT2D eigenvalue weighted by Crippen LogP contribution is 2.24. The molecule has 0 heterocycles. The molecule has 1 fully saturated rings. The molecule has 4 nitrogen and oxygen atoms in total. The van der Waals surface area contributed by atoms with Crippen molar-refractivity contribution in [2.75, 3.05) is 13.6 Å². The summed E-state index contributed by atoms with van der Waals surface area (Å²) in [6.07, 6.45) is 4.06. The van der Waals surface area contributed by atoms with Gasteiger partial charge in [0.05, 0.1) is 0 Å². The molecule has 4 heteroatoms. The van der Waals surface area contributed by atoms with E-state index in [2.05, 4.69) is 15.7 Å². The Balaban J connectivity index is 2.09. The average molecular weight is 156 g/mol. The first-order chi connectivity index (χ1) is 5.36. The third-order valence-electron chi connectivity index (χ3n) is 2.14. The molecule has 0 amide bonds. The fraction of sp³-hybridized carbons (Fsp3) is 0.857. The smallest absolute Gasteiger partial charge is 0.205 e. The van der Waals surface area contributed by atoms with E-state index in [0.29, 0.717) is 5.96 Å². The first kappa shape index (κ1) is 8.33. The lowest BCUT2D eigenvalue weighted by molar-refractivity contribution is 0.314. The molecule has 0 unspecified atom stereocenters. The molecule has 11 heavy (non-hydrogen) atoms. The highest BCUT2D eigenvalue weighted by Gasteiger charge is 2.16. The first-order valence-electron chi connectivity index (χ1n) is 4.04. The minimum Gasteiger partial charge on any atom is -0.355 e. The van der Waals surface area contributed by atoms with Crippen LogP contribution < -0.4 is 16.6 Å². The summed E-state index contributed by atoms with van der Waals surface area (Å²) in [5, 5.41) is 3.13. The van der Waals surface area contributed by atoms with Gasteiger partial charge >= 0.3 is 0 Å². The molecule has 0 bridgehead atoms. The SMILES string of the molecule is CN=C(NN)NCC1CCC1. The van der Waals surface area contributed by atoms with Crippen LogP contribution in [0.4, 0.5) is 0 Å². The summed E-state index contributed by atoms with van der Waals surface area (Å²) in [7, 11) is 1.71. The van der Waals surface area contributed by atoms with Gasteiger partial charge < -0.3 is 5.32 Å². The molecule has 0 radical (unpaired) electrons. The summed E-state index contributed by atoms with van der Waals surface area (Å²) in [5.41, 5.74) is 2.49. The Bertz CT molecular complexity index is 139. The second kappa shape index (κ2) is 4.18. The lowest BCUT2D eigenvalue weighted by atomic mass is 9.85. The number of nitrogens with two attached hydrogens (primary N) is 1. The normalized spacial score (nSPS) is 19.3. The molecule has 0 aliphatic heterocycles. The molecular weight excluding hydrogens is 140 g/mol. The lowest BCUT2D eigenvalue weighted by Gasteiger charge is -2.25. The maximum Gasteiger partial charge on any atom is 0.205 e. The topological polar surface area (TPSA) is 62.4 Å². The minimum absolute atomic E-state index is 0.678. The lowest BCUT2D eigenvalue weighted by Crippen LogP contribution is -2.44. The fourth-order valence-corrected chi connectivity index (χ4v) is 1.13. The molecule has 1 aliphatic carbocycles. The molecule has 4 N–H and O–H groups in total. The molecule has 0 spiro atoms. The zero-order valence-corrected chi connectivity index (χ0v) is 6.93. The maximum atomic E-state index is 5.19. The standard InChI is InChI=1S/C7H16N4/c1-9-7(11-8)10-5-6-3-2-4-6/h6H,2-5,8H2,1H3,(H2,9,10,11). The van der Waals surface area contributed by atoms with Crippen LogP contribution >= 0.6 is 0 Å². The van der Waals surface area contributed by atoms with Crippen LogP contribution in [-0.4, -0.2) is 19.6 Å². The zero-order chi connectivity index (χ0) is 8.10. The van der Waals surface area contributed by atoms with Crippen molar-refractivity contribution < 1.29 is 0 Å². The second-order valence-electron chi connectivity index (χ2n) is 2.89. The monoisotopic (exact) mass is 156 g/mol. The van der Waals surface area contributed by atoms with Gasteiger partial charge in [0.15, 0.2) is 0 Å². The second-order valence-corrected chi connectivity index (χ2v) is 2.89. The number of hydrazine groups is 1. The van der Waals surface area contributed by atoms with Gasteiger partial charge in [0.2, 0.25) is 5.96 Å². The van der Waals surface area contributed by atoms with Crippen molar-refractivity contribution in [1.29, 1.82) is 0 Å². The number of aliphatic imine (C=N–C) groups is 1. The number of rotatable bonds is 2. The van der Waals surface area contributed by atoms with E-state index in [9.17, 15) is 0 Å². The van der Waals surface area contributed by atoms with E-state index in [-0.39, 0.29) is 0 Å². The molecule has 64 valence electrons. The van der Waals surface area contributed by atoms with Crippen molar-refractivity contribution >= 4 is 5.96 Å². The van der Waals surface area contributed by atoms with Gasteiger partial charge in [0.1, 0.15) is 0 Å². The Hall–Kier alpha value is -0.770. The van der Waals surface area contributed by atoms with Crippen LogP contribution in [0.1, 0.15) is 19.3 Å². The molecular formula is C7H16N4. The number of hydrogen-bond donors (Lipinski definition) is 3. The number of nitrogens with one attached hydrogen (secondary N) is 2. The van der Waals surface area contributed by atoms with E-state index in [1.807, 2.05) is 0 Å². The summed E-state index contributed by atoms with van der Waals surface area (Å²) in [6.45, 7) is 0.997. The van der Waals surface area contributed by atoms with Crippen LogP contribution in [0.15, 0.2) is 4.99 Å². The molecule has 0 saturated heterocycles. The van der Waals surface area contributed by atoms with Gasteiger partial charge in [-0.25, -0.2) is 5.84 Å². The van der Waals surface area contributed by atoms with E-state index >= 15 is 0 Å². The van der Waals surface area contributed by atoms with E-state index in [0.717, 1.165) is 12.5 Å². The van der Waals surface area contributed by atoms with Crippen molar-refractivity contribution in [2.45, 2.75) is 19.3 Å². The van der Waals surface area contributed by atoms with Crippen molar-refractivity contribution in [1.82, 2.24) is 10.7 Å². The quantitative estimate of drug-likeness (QED) is 0.225. The van der Waals surface area contributed by atoms with E-state index in [4.69, 9.17) is 5.84 Å². The molecule has 0 aromatic rings. The van der Waals surface area contributed by atoms with Gasteiger partial charge in [0.25, 0.3) is 0 Å². The third kappa shape index (κ3) is 2.38. The number of guanidine groups is 1. The third-order valence-corrected chi connectivity index (χ3v) is 2.14. The predicted molar refractivity (Wildman–Crippen MR) is 46.0 cm³/mol. The highest BCUT2D eigenvalue weighted by atomic mass is 15.3. The van der Waals surface area contributed by atoms with Crippen LogP contribution in [0.5, 0.6) is 0 Å². The summed E-state index contributed by atoms with van der Waals surface area (Å²) < 4.78 is 0. The van der Waals surface area contributed by atoms with Crippen LogP contribution in [-0.2, 0) is 0 Å². The van der Waals surface area contributed by atoms with Crippen LogP contribution in [0.2, 0.25) is 0 Å². The molecule has 0 aromatic heterocycles. The highest BCUT2D eigenvalue weighted by molar-refractivity contribution is 5.78. The van der Waals surface area contributed by atoms with Crippen molar-refractivity contribution in [2.24, 2.45) is 16.8 Å². The minimum atomic E-state index is 0.678. The van der Waals surface area contributed by atoms with Crippen molar-refractivity contribution in [3.8, 4) is 0 Å². The Labute approximate surface area is 67.2 Å². The largest absolute Gasteiger partial charge is 0.355 e. The van der Waals surface area contributed by atoms with Gasteiger partial charge in [-0.2, -0.15) is 0 Å². The summed E-state index contributed by atoms with van der Waals surface area (Å²) in [6, 6.07) is 0. The molecule has 1 rings (SSSR count). The predicted octanol–water partition coefficient (Wildman–Crippen LogP) is -0.175. The number of nitrogens with zero attached hydrogens (tertiary/aromatic N) is 1.